The molecule has 2 aromatic rings. The van der Waals surface area contributed by atoms with E-state index in [1.54, 1.807) is 24.3 Å². The second-order valence-electron chi connectivity index (χ2n) is 4.76. The summed E-state index contributed by atoms with van der Waals surface area (Å²) < 4.78 is 4.97. The van der Waals surface area contributed by atoms with E-state index in [1.807, 2.05) is 0 Å². The van der Waals surface area contributed by atoms with Crippen LogP contribution in [0.3, 0.4) is 0 Å². The molecule has 0 bridgehead atoms. The van der Waals surface area contributed by atoms with Gasteiger partial charge in [-0.1, -0.05) is 28.9 Å². The molecule has 1 heterocycles. The summed E-state index contributed by atoms with van der Waals surface area (Å²) in [4.78, 5) is 20.9. The predicted octanol–water partition coefficient (Wildman–Crippen LogP) is 3.15. The molecule has 2 rings (SSSR count). The first-order chi connectivity index (χ1) is 10.4. The van der Waals surface area contributed by atoms with E-state index in [0.29, 0.717) is 10.6 Å². The number of nitro groups is 2. The first-order valence-corrected chi connectivity index (χ1v) is 6.73. The topological polar surface area (TPSA) is 112 Å². The summed E-state index contributed by atoms with van der Waals surface area (Å²) in [5, 5.41) is 26.0. The lowest BCUT2D eigenvalue weighted by atomic mass is 9.94. The average Bonchev–Trinajstić information content (AvgIpc) is 2.79. The van der Waals surface area contributed by atoms with E-state index < -0.39 is 15.8 Å². The standard InChI is InChI=1S/C13H12ClN3O5/c1-8-13(17(20)21)12(22-15-8)6-10(7-16(18)19)9-2-4-11(14)5-3-9/h2-5,10H,6-7H2,1H3/t10-/m0/s1. The lowest BCUT2D eigenvalue weighted by molar-refractivity contribution is -0.483. The fourth-order valence-electron chi connectivity index (χ4n) is 2.21. The van der Waals surface area contributed by atoms with Crippen molar-refractivity contribution in [3.05, 3.63) is 66.5 Å². The van der Waals surface area contributed by atoms with E-state index in [2.05, 4.69) is 5.16 Å². The van der Waals surface area contributed by atoms with Crippen molar-refractivity contribution >= 4 is 17.3 Å². The number of aryl methyl sites for hydroxylation is 1. The zero-order valence-corrected chi connectivity index (χ0v) is 12.3. The van der Waals surface area contributed by atoms with Crippen LogP contribution in [0.25, 0.3) is 0 Å². The van der Waals surface area contributed by atoms with Crippen molar-refractivity contribution < 1.29 is 14.4 Å². The van der Waals surface area contributed by atoms with Crippen molar-refractivity contribution in [1.29, 1.82) is 0 Å². The monoisotopic (exact) mass is 325 g/mol. The molecule has 0 unspecified atom stereocenters. The van der Waals surface area contributed by atoms with Crippen molar-refractivity contribution in [3.63, 3.8) is 0 Å². The third-order valence-corrected chi connectivity index (χ3v) is 3.48. The van der Waals surface area contributed by atoms with Gasteiger partial charge in [-0.15, -0.1) is 0 Å². The van der Waals surface area contributed by atoms with Gasteiger partial charge in [-0.05, 0) is 24.6 Å². The van der Waals surface area contributed by atoms with Crippen LogP contribution in [-0.2, 0) is 6.42 Å². The van der Waals surface area contributed by atoms with Crippen LogP contribution in [0.15, 0.2) is 28.8 Å². The summed E-state index contributed by atoms with van der Waals surface area (Å²) in [5.41, 5.74) is 0.572. The Labute approximate surface area is 130 Å². The van der Waals surface area contributed by atoms with Crippen LogP contribution in [-0.4, -0.2) is 21.5 Å². The number of hydrogen-bond acceptors (Lipinski definition) is 6. The molecule has 0 aliphatic carbocycles. The first kappa shape index (κ1) is 15.9. The summed E-state index contributed by atoms with van der Waals surface area (Å²) in [6.07, 6.45) is 0.0137. The van der Waals surface area contributed by atoms with Gasteiger partial charge in [0, 0.05) is 16.4 Å². The third-order valence-electron chi connectivity index (χ3n) is 3.22. The van der Waals surface area contributed by atoms with Crippen LogP contribution in [0.5, 0.6) is 0 Å². The largest absolute Gasteiger partial charge is 0.354 e. The summed E-state index contributed by atoms with van der Waals surface area (Å²) in [7, 11) is 0. The molecule has 0 N–H and O–H groups in total. The van der Waals surface area contributed by atoms with E-state index in [-0.39, 0.29) is 30.1 Å². The second kappa shape index (κ2) is 6.52. The number of halogens is 1. The van der Waals surface area contributed by atoms with E-state index in [0.717, 1.165) is 0 Å². The first-order valence-electron chi connectivity index (χ1n) is 6.35. The molecule has 8 nitrogen and oxygen atoms in total. The zero-order chi connectivity index (χ0) is 16.3. The maximum Gasteiger partial charge on any atom is 0.334 e. The van der Waals surface area contributed by atoms with Crippen molar-refractivity contribution in [1.82, 2.24) is 5.16 Å². The molecule has 22 heavy (non-hydrogen) atoms. The molecular weight excluding hydrogens is 314 g/mol. The Morgan fingerprint density at radius 1 is 1.27 bits per heavy atom. The molecule has 1 atom stereocenters. The molecule has 0 saturated carbocycles. The van der Waals surface area contributed by atoms with Gasteiger partial charge in [-0.25, -0.2) is 0 Å². The van der Waals surface area contributed by atoms with Crippen molar-refractivity contribution in [2.24, 2.45) is 0 Å². The Morgan fingerprint density at radius 2 is 1.91 bits per heavy atom. The smallest absolute Gasteiger partial charge is 0.334 e. The molecule has 116 valence electrons. The fraction of sp³-hybridized carbons (Fsp3) is 0.308. The molecule has 0 radical (unpaired) electrons. The SMILES string of the molecule is Cc1noc(C[C@@H](C[N+](=O)[O-])c2ccc(Cl)cc2)c1[N+](=O)[O-]. The zero-order valence-electron chi connectivity index (χ0n) is 11.6. The highest BCUT2D eigenvalue weighted by atomic mass is 35.5. The van der Waals surface area contributed by atoms with Crippen LogP contribution < -0.4 is 0 Å². The average molecular weight is 326 g/mol. The summed E-state index contributed by atoms with van der Waals surface area (Å²) in [5.74, 6) is -0.539. The maximum atomic E-state index is 11.0. The Bertz CT molecular complexity index is 698. The highest BCUT2D eigenvalue weighted by Gasteiger charge is 2.29. The van der Waals surface area contributed by atoms with Crippen LogP contribution in [0, 0.1) is 27.2 Å². The summed E-state index contributed by atoms with van der Waals surface area (Å²) in [6.45, 7) is 1.08. The van der Waals surface area contributed by atoms with E-state index in [1.165, 1.54) is 6.92 Å². The number of aromatic nitrogens is 1. The molecule has 0 spiro atoms. The molecule has 0 aliphatic heterocycles. The molecule has 1 aromatic heterocycles. The van der Waals surface area contributed by atoms with Gasteiger partial charge in [0.1, 0.15) is 0 Å². The van der Waals surface area contributed by atoms with Crippen LogP contribution in [0.2, 0.25) is 5.02 Å². The Kier molecular flexibility index (Phi) is 4.71. The highest BCUT2D eigenvalue weighted by molar-refractivity contribution is 6.30. The Hall–Kier alpha value is -2.48. The molecule has 0 saturated heterocycles. The lowest BCUT2D eigenvalue weighted by Gasteiger charge is -2.11. The van der Waals surface area contributed by atoms with E-state index >= 15 is 0 Å². The van der Waals surface area contributed by atoms with Gasteiger partial charge in [-0.3, -0.25) is 20.2 Å². The Morgan fingerprint density at radius 3 is 2.45 bits per heavy atom. The summed E-state index contributed by atoms with van der Waals surface area (Å²) >= 11 is 5.80. The third kappa shape index (κ3) is 3.59. The minimum atomic E-state index is -0.591. The maximum absolute atomic E-state index is 11.0. The predicted molar refractivity (Wildman–Crippen MR) is 77.7 cm³/mol. The lowest BCUT2D eigenvalue weighted by Crippen LogP contribution is -2.15. The van der Waals surface area contributed by atoms with Crippen molar-refractivity contribution in [2.45, 2.75) is 19.3 Å². The Balaban J connectivity index is 2.33. The van der Waals surface area contributed by atoms with E-state index in [9.17, 15) is 20.2 Å². The highest BCUT2D eigenvalue weighted by Crippen LogP contribution is 2.29. The van der Waals surface area contributed by atoms with Crippen molar-refractivity contribution in [3.8, 4) is 0 Å². The van der Waals surface area contributed by atoms with Crippen LogP contribution in [0.4, 0.5) is 5.69 Å². The van der Waals surface area contributed by atoms with Gasteiger partial charge in [-0.2, -0.15) is 0 Å². The molecule has 9 heteroatoms. The molecular formula is C13H12ClN3O5. The van der Waals surface area contributed by atoms with Crippen LogP contribution in [0.1, 0.15) is 22.9 Å². The fourth-order valence-corrected chi connectivity index (χ4v) is 2.33. The van der Waals surface area contributed by atoms with Crippen LogP contribution >= 0.6 is 11.6 Å². The van der Waals surface area contributed by atoms with Gasteiger partial charge in [0.25, 0.3) is 0 Å². The molecule has 1 aromatic carbocycles. The van der Waals surface area contributed by atoms with E-state index in [4.69, 9.17) is 16.1 Å². The molecule has 0 aliphatic rings. The number of rotatable bonds is 6. The van der Waals surface area contributed by atoms with Crippen molar-refractivity contribution in [2.75, 3.05) is 6.54 Å². The van der Waals surface area contributed by atoms with Gasteiger partial charge in [0.05, 0.1) is 10.8 Å². The number of benzene rings is 1. The number of nitrogens with zero attached hydrogens (tertiary/aromatic N) is 3. The second-order valence-corrected chi connectivity index (χ2v) is 5.20. The number of hydrogen-bond donors (Lipinski definition) is 0. The molecule has 0 amide bonds. The van der Waals surface area contributed by atoms with Gasteiger partial charge >= 0.3 is 5.69 Å². The van der Waals surface area contributed by atoms with Gasteiger partial charge in [0.15, 0.2) is 5.69 Å². The summed E-state index contributed by atoms with van der Waals surface area (Å²) in [6, 6.07) is 6.55. The minimum absolute atomic E-state index is 0.0137. The molecule has 0 fully saturated rings. The van der Waals surface area contributed by atoms with Gasteiger partial charge < -0.3 is 4.52 Å². The normalized spacial score (nSPS) is 12.1. The minimum Gasteiger partial charge on any atom is -0.354 e. The quantitative estimate of drug-likeness (QED) is 0.595. The van der Waals surface area contributed by atoms with Gasteiger partial charge in [0.2, 0.25) is 12.3 Å².